The Morgan fingerprint density at radius 3 is 2.44 bits per heavy atom. The number of sulfonamides is 1. The molecule has 1 aliphatic carbocycles. The topological polar surface area (TPSA) is 81.4 Å². The first-order valence-corrected chi connectivity index (χ1v) is 10.3. The van der Waals surface area contributed by atoms with Crippen LogP contribution in [-0.2, 0) is 15.8 Å². The van der Waals surface area contributed by atoms with E-state index >= 15 is 0 Å². The third-order valence-electron chi connectivity index (χ3n) is 4.44. The molecule has 1 saturated carbocycles. The Bertz CT molecular complexity index is 793. The quantitative estimate of drug-likeness (QED) is 0.829. The molecule has 6 heteroatoms. The molecular formula is C19H24N2O3S. The highest BCUT2D eigenvalue weighted by Crippen LogP contribution is 2.27. The smallest absolute Gasteiger partial charge is 0.216 e. The average molecular weight is 360 g/mol. The van der Waals surface area contributed by atoms with E-state index in [-0.39, 0.29) is 17.8 Å². The highest BCUT2D eigenvalue weighted by molar-refractivity contribution is 7.88. The van der Waals surface area contributed by atoms with Crippen molar-refractivity contribution in [1.82, 2.24) is 4.72 Å². The molecule has 2 aromatic carbocycles. The maximum atomic E-state index is 12.6. The molecule has 2 unspecified atom stereocenters. The molecule has 3 N–H and O–H groups in total. The fourth-order valence-corrected chi connectivity index (χ4v) is 4.61. The van der Waals surface area contributed by atoms with Crippen LogP contribution in [0.4, 0.5) is 0 Å². The fourth-order valence-electron chi connectivity index (χ4n) is 3.12. The first kappa shape index (κ1) is 17.9. The summed E-state index contributed by atoms with van der Waals surface area (Å²) in [4.78, 5) is 0. The minimum atomic E-state index is -3.49. The lowest BCUT2D eigenvalue weighted by molar-refractivity contribution is 0.361. The highest BCUT2D eigenvalue weighted by atomic mass is 32.2. The summed E-state index contributed by atoms with van der Waals surface area (Å²) in [7, 11) is -3.49. The van der Waals surface area contributed by atoms with Gasteiger partial charge in [0, 0.05) is 17.6 Å². The van der Waals surface area contributed by atoms with Gasteiger partial charge >= 0.3 is 0 Å². The normalized spacial score (nSPS) is 21.0. The van der Waals surface area contributed by atoms with E-state index in [0.717, 1.165) is 25.7 Å². The summed E-state index contributed by atoms with van der Waals surface area (Å²) in [6, 6.07) is 16.2. The third-order valence-corrected chi connectivity index (χ3v) is 5.79. The van der Waals surface area contributed by atoms with Crippen molar-refractivity contribution >= 4 is 10.0 Å². The zero-order valence-electron chi connectivity index (χ0n) is 14.1. The van der Waals surface area contributed by atoms with Crippen LogP contribution >= 0.6 is 0 Å². The van der Waals surface area contributed by atoms with Gasteiger partial charge in [-0.25, -0.2) is 13.1 Å². The molecule has 2 aromatic rings. The molecule has 0 radical (unpaired) electrons. The molecule has 134 valence electrons. The molecule has 2 atom stereocenters. The Hall–Kier alpha value is -1.89. The molecular weight excluding hydrogens is 336 g/mol. The van der Waals surface area contributed by atoms with Crippen molar-refractivity contribution in [2.45, 2.75) is 43.5 Å². The predicted octanol–water partition coefficient (Wildman–Crippen LogP) is 3.17. The van der Waals surface area contributed by atoms with Crippen LogP contribution in [0.3, 0.4) is 0 Å². The largest absolute Gasteiger partial charge is 0.457 e. The van der Waals surface area contributed by atoms with E-state index in [1.54, 1.807) is 12.1 Å². The summed E-state index contributed by atoms with van der Waals surface area (Å²) in [5.41, 5.74) is 6.69. The van der Waals surface area contributed by atoms with E-state index in [1.165, 1.54) is 0 Å². The Balaban J connectivity index is 1.73. The van der Waals surface area contributed by atoms with Gasteiger partial charge in [0.1, 0.15) is 11.5 Å². The average Bonchev–Trinajstić information content (AvgIpc) is 2.59. The van der Waals surface area contributed by atoms with Crippen LogP contribution in [0, 0.1) is 0 Å². The first-order valence-electron chi connectivity index (χ1n) is 8.60. The molecule has 1 aliphatic rings. The minimum absolute atomic E-state index is 0.112. The van der Waals surface area contributed by atoms with Gasteiger partial charge in [-0.15, -0.1) is 0 Å². The third kappa shape index (κ3) is 5.04. The molecule has 0 amide bonds. The van der Waals surface area contributed by atoms with Gasteiger partial charge in [-0.3, -0.25) is 0 Å². The Morgan fingerprint density at radius 1 is 1.00 bits per heavy atom. The molecule has 0 aliphatic heterocycles. The molecule has 0 heterocycles. The lowest BCUT2D eigenvalue weighted by Gasteiger charge is -2.29. The second-order valence-electron chi connectivity index (χ2n) is 6.45. The minimum Gasteiger partial charge on any atom is -0.457 e. The van der Waals surface area contributed by atoms with Gasteiger partial charge in [0.25, 0.3) is 0 Å². The van der Waals surface area contributed by atoms with Crippen LogP contribution in [0.2, 0.25) is 0 Å². The number of ether oxygens (including phenoxy) is 1. The van der Waals surface area contributed by atoms with E-state index < -0.39 is 10.0 Å². The molecule has 25 heavy (non-hydrogen) atoms. The van der Waals surface area contributed by atoms with E-state index in [4.69, 9.17) is 10.5 Å². The van der Waals surface area contributed by atoms with Gasteiger partial charge in [-0.1, -0.05) is 49.2 Å². The summed E-state index contributed by atoms with van der Waals surface area (Å²) in [5, 5.41) is 0. The van der Waals surface area contributed by atoms with Crippen LogP contribution in [0.5, 0.6) is 11.5 Å². The van der Waals surface area contributed by atoms with Crippen LogP contribution in [0.1, 0.15) is 31.2 Å². The zero-order valence-corrected chi connectivity index (χ0v) is 14.9. The van der Waals surface area contributed by atoms with Crippen molar-refractivity contribution in [3.05, 3.63) is 60.2 Å². The fraction of sp³-hybridized carbons (Fsp3) is 0.368. The summed E-state index contributed by atoms with van der Waals surface area (Å²) < 4.78 is 33.8. The molecule has 5 nitrogen and oxygen atoms in total. The second kappa shape index (κ2) is 7.99. The predicted molar refractivity (Wildman–Crippen MR) is 98.9 cm³/mol. The number of rotatable bonds is 6. The van der Waals surface area contributed by atoms with Gasteiger partial charge in [0.2, 0.25) is 10.0 Å². The van der Waals surface area contributed by atoms with Crippen LogP contribution in [0.25, 0.3) is 0 Å². The number of hydrogen-bond acceptors (Lipinski definition) is 4. The van der Waals surface area contributed by atoms with Crippen LogP contribution in [-0.4, -0.2) is 20.5 Å². The first-order chi connectivity index (χ1) is 12.0. The SMILES string of the molecule is NC1CCCCC1NS(=O)(=O)Cc1ccccc1Oc1ccccc1. The van der Waals surface area contributed by atoms with E-state index in [1.807, 2.05) is 42.5 Å². The summed E-state index contributed by atoms with van der Waals surface area (Å²) in [5.74, 6) is 1.10. The lowest BCUT2D eigenvalue weighted by atomic mass is 9.92. The van der Waals surface area contributed by atoms with Crippen molar-refractivity contribution in [1.29, 1.82) is 0 Å². The summed E-state index contributed by atoms with van der Waals surface area (Å²) >= 11 is 0. The molecule has 0 saturated heterocycles. The standard InChI is InChI=1S/C19H24N2O3S/c20-17-11-5-6-12-18(17)21-25(22,23)14-15-8-4-7-13-19(15)24-16-9-2-1-3-10-16/h1-4,7-10,13,17-18,21H,5-6,11-12,14,20H2. The molecule has 0 bridgehead atoms. The van der Waals surface area contributed by atoms with E-state index in [2.05, 4.69) is 4.72 Å². The van der Waals surface area contributed by atoms with Crippen LogP contribution < -0.4 is 15.2 Å². The van der Waals surface area contributed by atoms with Crippen molar-refractivity contribution in [2.24, 2.45) is 5.73 Å². The van der Waals surface area contributed by atoms with Crippen molar-refractivity contribution < 1.29 is 13.2 Å². The number of hydrogen-bond donors (Lipinski definition) is 2. The number of benzene rings is 2. The van der Waals surface area contributed by atoms with E-state index in [0.29, 0.717) is 17.1 Å². The second-order valence-corrected chi connectivity index (χ2v) is 8.21. The summed E-state index contributed by atoms with van der Waals surface area (Å²) in [6.45, 7) is 0. The van der Waals surface area contributed by atoms with Crippen molar-refractivity contribution in [3.63, 3.8) is 0 Å². The van der Waals surface area contributed by atoms with Crippen molar-refractivity contribution in [2.75, 3.05) is 0 Å². The Kier molecular flexibility index (Phi) is 5.73. The van der Waals surface area contributed by atoms with Gasteiger partial charge in [0.15, 0.2) is 0 Å². The van der Waals surface area contributed by atoms with Gasteiger partial charge in [0.05, 0.1) is 5.75 Å². The summed E-state index contributed by atoms with van der Waals surface area (Å²) in [6.07, 6.45) is 3.73. The molecule has 1 fully saturated rings. The van der Waals surface area contributed by atoms with Gasteiger partial charge < -0.3 is 10.5 Å². The molecule has 0 aromatic heterocycles. The molecule has 0 spiro atoms. The van der Waals surface area contributed by atoms with Gasteiger partial charge in [-0.2, -0.15) is 0 Å². The monoisotopic (exact) mass is 360 g/mol. The Morgan fingerprint density at radius 2 is 1.68 bits per heavy atom. The zero-order chi connectivity index (χ0) is 17.7. The highest BCUT2D eigenvalue weighted by Gasteiger charge is 2.26. The number of nitrogens with one attached hydrogen (secondary N) is 1. The lowest BCUT2D eigenvalue weighted by Crippen LogP contribution is -2.49. The molecule has 3 rings (SSSR count). The Labute approximate surface area is 149 Å². The van der Waals surface area contributed by atoms with Crippen LogP contribution in [0.15, 0.2) is 54.6 Å². The number of nitrogens with two attached hydrogens (primary N) is 1. The maximum Gasteiger partial charge on any atom is 0.216 e. The maximum absolute atomic E-state index is 12.6. The number of para-hydroxylation sites is 2. The van der Waals surface area contributed by atoms with Crippen molar-refractivity contribution in [3.8, 4) is 11.5 Å². The van der Waals surface area contributed by atoms with E-state index in [9.17, 15) is 8.42 Å². The van der Waals surface area contributed by atoms with Gasteiger partial charge in [-0.05, 0) is 31.0 Å².